The highest BCUT2D eigenvalue weighted by Crippen LogP contribution is 2.29. The SMILES string of the molecule is C=CCNC(=O)CN1CCN(C(=O)c2oc3ccc(OC)cc3c2C)CC1. The van der Waals surface area contributed by atoms with Crippen LogP contribution in [0.1, 0.15) is 16.1 Å². The zero-order valence-corrected chi connectivity index (χ0v) is 15.8. The van der Waals surface area contributed by atoms with E-state index in [1.54, 1.807) is 18.1 Å². The van der Waals surface area contributed by atoms with Crippen LogP contribution in [-0.2, 0) is 4.79 Å². The quantitative estimate of drug-likeness (QED) is 0.784. The minimum Gasteiger partial charge on any atom is -0.497 e. The van der Waals surface area contributed by atoms with Crippen molar-refractivity contribution in [3.8, 4) is 5.75 Å². The summed E-state index contributed by atoms with van der Waals surface area (Å²) in [5, 5.41) is 3.65. The average molecular weight is 371 g/mol. The largest absolute Gasteiger partial charge is 0.497 e. The second kappa shape index (κ2) is 8.26. The molecule has 0 radical (unpaired) electrons. The van der Waals surface area contributed by atoms with Gasteiger partial charge in [0.05, 0.1) is 13.7 Å². The number of benzene rings is 1. The van der Waals surface area contributed by atoms with Gasteiger partial charge in [-0.25, -0.2) is 0 Å². The van der Waals surface area contributed by atoms with Crippen molar-refractivity contribution in [3.63, 3.8) is 0 Å². The predicted octanol–water partition coefficient (Wildman–Crippen LogP) is 1.81. The van der Waals surface area contributed by atoms with E-state index in [0.717, 1.165) is 16.7 Å². The molecule has 0 aliphatic carbocycles. The molecule has 27 heavy (non-hydrogen) atoms. The molecule has 2 aromatic rings. The maximum Gasteiger partial charge on any atom is 0.289 e. The number of rotatable bonds is 6. The van der Waals surface area contributed by atoms with Gasteiger partial charge in [-0.3, -0.25) is 14.5 Å². The summed E-state index contributed by atoms with van der Waals surface area (Å²) in [7, 11) is 1.61. The van der Waals surface area contributed by atoms with Gasteiger partial charge in [-0.2, -0.15) is 0 Å². The highest BCUT2D eigenvalue weighted by Gasteiger charge is 2.27. The summed E-state index contributed by atoms with van der Waals surface area (Å²) in [6.45, 7) is 8.70. The molecule has 1 aliphatic rings. The first kappa shape index (κ1) is 19.0. The Bertz CT molecular complexity index is 850. The highest BCUT2D eigenvalue weighted by molar-refractivity contribution is 5.99. The molecule has 7 nitrogen and oxygen atoms in total. The smallest absolute Gasteiger partial charge is 0.289 e. The van der Waals surface area contributed by atoms with E-state index in [-0.39, 0.29) is 11.8 Å². The van der Waals surface area contributed by atoms with Gasteiger partial charge in [0.2, 0.25) is 5.91 Å². The first-order chi connectivity index (χ1) is 13.0. The Hall–Kier alpha value is -2.80. The molecule has 0 spiro atoms. The Labute approximate surface area is 158 Å². The number of carbonyl (C=O) groups is 2. The second-order valence-electron chi connectivity index (χ2n) is 6.58. The summed E-state index contributed by atoms with van der Waals surface area (Å²) < 4.78 is 11.1. The standard InChI is InChI=1S/C20H25N3O4/c1-4-7-21-18(24)13-22-8-10-23(11-9-22)20(25)19-14(2)16-12-15(26-3)5-6-17(16)27-19/h4-6,12H,1,7-11,13H2,2-3H3,(H,21,24). The molecule has 0 atom stereocenters. The average Bonchev–Trinajstić information content (AvgIpc) is 3.02. The lowest BCUT2D eigenvalue weighted by Crippen LogP contribution is -2.51. The molecule has 2 heterocycles. The van der Waals surface area contributed by atoms with Crippen LogP contribution in [0, 0.1) is 6.92 Å². The van der Waals surface area contributed by atoms with Crippen LogP contribution in [0.15, 0.2) is 35.3 Å². The molecule has 2 amide bonds. The molecule has 1 aromatic carbocycles. The first-order valence-electron chi connectivity index (χ1n) is 9.00. The Balaban J connectivity index is 1.64. The van der Waals surface area contributed by atoms with Crippen LogP contribution in [-0.4, -0.2) is 68.0 Å². The van der Waals surface area contributed by atoms with Gasteiger partial charge in [-0.1, -0.05) is 6.08 Å². The Morgan fingerprint density at radius 1 is 1.30 bits per heavy atom. The topological polar surface area (TPSA) is 75.0 Å². The van der Waals surface area contributed by atoms with E-state index in [4.69, 9.17) is 9.15 Å². The number of carbonyl (C=O) groups excluding carboxylic acids is 2. The van der Waals surface area contributed by atoms with Crippen LogP contribution in [0.2, 0.25) is 0 Å². The number of piperazine rings is 1. The van der Waals surface area contributed by atoms with Crippen molar-refractivity contribution >= 4 is 22.8 Å². The van der Waals surface area contributed by atoms with Crippen molar-refractivity contribution in [2.45, 2.75) is 6.92 Å². The van der Waals surface area contributed by atoms with Crippen molar-refractivity contribution in [1.29, 1.82) is 0 Å². The van der Waals surface area contributed by atoms with Crippen LogP contribution in [0.4, 0.5) is 0 Å². The molecule has 0 saturated carbocycles. The normalized spacial score (nSPS) is 15.0. The molecule has 3 rings (SSSR count). The zero-order chi connectivity index (χ0) is 19.4. The number of amides is 2. The molecule has 1 aromatic heterocycles. The van der Waals surface area contributed by atoms with Gasteiger partial charge in [0.1, 0.15) is 11.3 Å². The van der Waals surface area contributed by atoms with Gasteiger partial charge in [-0.05, 0) is 25.1 Å². The fourth-order valence-electron chi connectivity index (χ4n) is 3.23. The van der Waals surface area contributed by atoms with E-state index >= 15 is 0 Å². The van der Waals surface area contributed by atoms with Crippen molar-refractivity contribution < 1.29 is 18.7 Å². The van der Waals surface area contributed by atoms with Crippen LogP contribution in [0.25, 0.3) is 11.0 Å². The lowest BCUT2D eigenvalue weighted by molar-refractivity contribution is -0.122. The third-order valence-electron chi connectivity index (χ3n) is 4.81. The Kier molecular flexibility index (Phi) is 5.81. The van der Waals surface area contributed by atoms with Gasteiger partial charge in [0, 0.05) is 43.7 Å². The lowest BCUT2D eigenvalue weighted by Gasteiger charge is -2.33. The number of hydrogen-bond acceptors (Lipinski definition) is 5. The fourth-order valence-corrected chi connectivity index (χ4v) is 3.23. The third-order valence-corrected chi connectivity index (χ3v) is 4.81. The minimum absolute atomic E-state index is 0.0308. The number of nitrogens with zero attached hydrogens (tertiary/aromatic N) is 2. The van der Waals surface area contributed by atoms with Crippen molar-refractivity contribution in [2.24, 2.45) is 0 Å². The number of methoxy groups -OCH3 is 1. The highest BCUT2D eigenvalue weighted by atomic mass is 16.5. The number of furan rings is 1. The second-order valence-corrected chi connectivity index (χ2v) is 6.58. The summed E-state index contributed by atoms with van der Waals surface area (Å²) >= 11 is 0. The van der Waals surface area contributed by atoms with Crippen LogP contribution in [0.5, 0.6) is 5.75 Å². The van der Waals surface area contributed by atoms with Gasteiger partial charge >= 0.3 is 0 Å². The maximum atomic E-state index is 12.9. The third kappa shape index (κ3) is 4.14. The number of nitrogens with one attached hydrogen (secondary N) is 1. The molecule has 1 N–H and O–H groups in total. The van der Waals surface area contributed by atoms with E-state index < -0.39 is 0 Å². The predicted molar refractivity (Wildman–Crippen MR) is 103 cm³/mol. The van der Waals surface area contributed by atoms with Gasteiger partial charge in [0.15, 0.2) is 5.76 Å². The van der Waals surface area contributed by atoms with E-state index in [1.807, 2.05) is 30.0 Å². The van der Waals surface area contributed by atoms with E-state index in [1.165, 1.54) is 0 Å². The van der Waals surface area contributed by atoms with Crippen molar-refractivity contribution in [3.05, 3.63) is 42.2 Å². The van der Waals surface area contributed by atoms with Crippen LogP contribution >= 0.6 is 0 Å². The molecule has 1 fully saturated rings. The molecule has 1 aliphatic heterocycles. The first-order valence-corrected chi connectivity index (χ1v) is 9.00. The van der Waals surface area contributed by atoms with Gasteiger partial charge in [-0.15, -0.1) is 6.58 Å². The summed E-state index contributed by atoms with van der Waals surface area (Å²) in [4.78, 5) is 28.5. The van der Waals surface area contributed by atoms with E-state index in [9.17, 15) is 9.59 Å². The summed E-state index contributed by atoms with van der Waals surface area (Å²) in [5.41, 5.74) is 1.49. The molecular formula is C20H25N3O4. The molecule has 144 valence electrons. The van der Waals surface area contributed by atoms with E-state index in [0.29, 0.717) is 50.6 Å². The van der Waals surface area contributed by atoms with E-state index in [2.05, 4.69) is 11.9 Å². The molecule has 1 saturated heterocycles. The number of hydrogen-bond donors (Lipinski definition) is 1. The molecule has 0 unspecified atom stereocenters. The number of fused-ring (bicyclic) bond motifs is 1. The van der Waals surface area contributed by atoms with Crippen molar-refractivity contribution in [1.82, 2.24) is 15.1 Å². The van der Waals surface area contributed by atoms with Gasteiger partial charge < -0.3 is 19.4 Å². The van der Waals surface area contributed by atoms with Gasteiger partial charge in [0.25, 0.3) is 5.91 Å². The number of aryl methyl sites for hydroxylation is 1. The zero-order valence-electron chi connectivity index (χ0n) is 15.8. The Morgan fingerprint density at radius 2 is 2.04 bits per heavy atom. The summed E-state index contributed by atoms with van der Waals surface area (Å²) in [6.07, 6.45) is 1.65. The molecular weight excluding hydrogens is 346 g/mol. The molecule has 7 heteroatoms. The van der Waals surface area contributed by atoms with Crippen molar-refractivity contribution in [2.75, 3.05) is 46.4 Å². The lowest BCUT2D eigenvalue weighted by atomic mass is 10.1. The monoisotopic (exact) mass is 371 g/mol. The molecule has 0 bridgehead atoms. The minimum atomic E-state index is -0.113. The summed E-state index contributed by atoms with van der Waals surface area (Å²) in [5.74, 6) is 0.958. The summed E-state index contributed by atoms with van der Waals surface area (Å²) in [6, 6.07) is 5.51. The van der Waals surface area contributed by atoms with Crippen LogP contribution < -0.4 is 10.1 Å². The van der Waals surface area contributed by atoms with Crippen LogP contribution in [0.3, 0.4) is 0 Å². The maximum absolute atomic E-state index is 12.9. The number of ether oxygens (including phenoxy) is 1. The Morgan fingerprint density at radius 3 is 2.70 bits per heavy atom. The fraction of sp³-hybridized carbons (Fsp3) is 0.400.